The molecule has 0 radical (unpaired) electrons. The molecule has 0 aliphatic carbocycles. The molecule has 0 fully saturated rings. The van der Waals surface area contributed by atoms with Crippen LogP contribution in [-0.2, 0) is 27.2 Å². The molecule has 5 heteroatoms. The van der Waals surface area contributed by atoms with Crippen molar-refractivity contribution in [3.05, 3.63) is 65.7 Å². The third kappa shape index (κ3) is 5.14. The zero-order valence-corrected chi connectivity index (χ0v) is 13.0. The van der Waals surface area contributed by atoms with E-state index in [9.17, 15) is 9.59 Å². The summed E-state index contributed by atoms with van der Waals surface area (Å²) in [5.74, 6) is -0.711. The van der Waals surface area contributed by atoms with E-state index in [-0.39, 0.29) is 12.3 Å². The maximum absolute atomic E-state index is 12.2. The number of nitrogen functional groups attached to an aromatic ring is 1. The quantitative estimate of drug-likeness (QED) is 0.628. The Morgan fingerprint density at radius 3 is 2.43 bits per heavy atom. The van der Waals surface area contributed by atoms with Crippen LogP contribution in [0.1, 0.15) is 11.1 Å². The predicted octanol–water partition coefficient (Wildman–Crippen LogP) is 1.71. The fourth-order valence-corrected chi connectivity index (χ4v) is 2.32. The smallest absolute Gasteiger partial charge is 0.328 e. The first-order valence-corrected chi connectivity index (χ1v) is 7.34. The van der Waals surface area contributed by atoms with Crippen molar-refractivity contribution in [2.45, 2.75) is 18.9 Å². The van der Waals surface area contributed by atoms with E-state index >= 15 is 0 Å². The van der Waals surface area contributed by atoms with Crippen LogP contribution in [0.15, 0.2) is 54.6 Å². The molecule has 5 nitrogen and oxygen atoms in total. The molecule has 3 N–H and O–H groups in total. The van der Waals surface area contributed by atoms with Crippen molar-refractivity contribution in [1.29, 1.82) is 0 Å². The summed E-state index contributed by atoms with van der Waals surface area (Å²) >= 11 is 0. The number of esters is 1. The summed E-state index contributed by atoms with van der Waals surface area (Å²) in [5, 5.41) is 2.73. The molecule has 2 aromatic rings. The SMILES string of the molecule is COC(=O)[C@H](Cc1ccccc1)NC(=O)Cc1cccc(N)c1. The number of amides is 1. The second-order valence-corrected chi connectivity index (χ2v) is 5.25. The third-order valence-corrected chi connectivity index (χ3v) is 3.42. The molecule has 1 amide bonds. The van der Waals surface area contributed by atoms with Gasteiger partial charge in [-0.15, -0.1) is 0 Å². The minimum atomic E-state index is -0.712. The summed E-state index contributed by atoms with van der Waals surface area (Å²) in [4.78, 5) is 24.1. The molecule has 0 saturated heterocycles. The van der Waals surface area contributed by atoms with Crippen molar-refractivity contribution in [2.24, 2.45) is 0 Å². The maximum atomic E-state index is 12.2. The van der Waals surface area contributed by atoms with Crippen LogP contribution in [0, 0.1) is 0 Å². The van der Waals surface area contributed by atoms with Crippen LogP contribution < -0.4 is 11.1 Å². The Morgan fingerprint density at radius 2 is 1.78 bits per heavy atom. The Morgan fingerprint density at radius 1 is 1.09 bits per heavy atom. The van der Waals surface area contributed by atoms with Gasteiger partial charge in [-0.3, -0.25) is 4.79 Å². The first-order chi connectivity index (χ1) is 11.1. The van der Waals surface area contributed by atoms with Crippen molar-refractivity contribution in [2.75, 3.05) is 12.8 Å². The molecule has 1 atom stereocenters. The summed E-state index contributed by atoms with van der Waals surface area (Å²) in [5.41, 5.74) is 8.05. The molecule has 120 valence electrons. The molecule has 0 unspecified atom stereocenters. The Balaban J connectivity index is 2.02. The first kappa shape index (κ1) is 16.5. The van der Waals surface area contributed by atoms with Crippen LogP contribution in [0.3, 0.4) is 0 Å². The number of anilines is 1. The Labute approximate surface area is 135 Å². The van der Waals surface area contributed by atoms with E-state index in [0.29, 0.717) is 12.1 Å². The molecule has 0 heterocycles. The minimum Gasteiger partial charge on any atom is -0.467 e. The van der Waals surface area contributed by atoms with E-state index in [0.717, 1.165) is 11.1 Å². The van der Waals surface area contributed by atoms with Crippen LogP contribution in [0.2, 0.25) is 0 Å². The van der Waals surface area contributed by atoms with Crippen molar-refractivity contribution in [3.63, 3.8) is 0 Å². The maximum Gasteiger partial charge on any atom is 0.328 e. The fraction of sp³-hybridized carbons (Fsp3) is 0.222. The summed E-state index contributed by atoms with van der Waals surface area (Å²) < 4.78 is 4.78. The molecule has 2 aromatic carbocycles. The van der Waals surface area contributed by atoms with Crippen LogP contribution in [0.25, 0.3) is 0 Å². The highest BCUT2D eigenvalue weighted by Gasteiger charge is 2.21. The third-order valence-electron chi connectivity index (χ3n) is 3.42. The molecule has 0 bridgehead atoms. The summed E-state index contributed by atoms with van der Waals surface area (Å²) in [6.45, 7) is 0. The van der Waals surface area contributed by atoms with Gasteiger partial charge in [-0.25, -0.2) is 4.79 Å². The average Bonchev–Trinajstić information content (AvgIpc) is 2.54. The van der Waals surface area contributed by atoms with Crippen LogP contribution >= 0.6 is 0 Å². The van der Waals surface area contributed by atoms with Gasteiger partial charge in [0, 0.05) is 12.1 Å². The Bertz CT molecular complexity index is 671. The van der Waals surface area contributed by atoms with E-state index < -0.39 is 12.0 Å². The molecule has 0 spiro atoms. The topological polar surface area (TPSA) is 81.4 Å². The van der Waals surface area contributed by atoms with Crippen molar-refractivity contribution in [1.82, 2.24) is 5.32 Å². The summed E-state index contributed by atoms with van der Waals surface area (Å²) in [6, 6.07) is 15.9. The second-order valence-electron chi connectivity index (χ2n) is 5.25. The van der Waals surface area contributed by atoms with Crippen molar-refractivity contribution in [3.8, 4) is 0 Å². The van der Waals surface area contributed by atoms with Gasteiger partial charge in [-0.2, -0.15) is 0 Å². The number of benzene rings is 2. The molecule has 0 saturated carbocycles. The number of rotatable bonds is 6. The number of nitrogens with two attached hydrogens (primary N) is 1. The van der Waals surface area contributed by atoms with Gasteiger partial charge in [-0.05, 0) is 23.3 Å². The molecular formula is C18H20N2O3. The average molecular weight is 312 g/mol. The zero-order valence-electron chi connectivity index (χ0n) is 13.0. The van der Waals surface area contributed by atoms with Crippen molar-refractivity contribution >= 4 is 17.6 Å². The van der Waals surface area contributed by atoms with E-state index in [2.05, 4.69) is 5.32 Å². The monoisotopic (exact) mass is 312 g/mol. The molecule has 0 aliphatic rings. The number of carbonyl (C=O) groups is 2. The van der Waals surface area contributed by atoms with Crippen LogP contribution in [0.4, 0.5) is 5.69 Å². The standard InChI is InChI=1S/C18H20N2O3/c1-23-18(22)16(11-13-6-3-2-4-7-13)20-17(21)12-14-8-5-9-15(19)10-14/h2-10,16H,11-12,19H2,1H3,(H,20,21)/t16-/m0/s1. The molecule has 2 rings (SSSR count). The summed E-state index contributed by atoms with van der Waals surface area (Å²) in [7, 11) is 1.31. The minimum absolute atomic E-state index is 0.160. The van der Waals surface area contributed by atoms with Crippen LogP contribution in [-0.4, -0.2) is 25.0 Å². The Hall–Kier alpha value is -2.82. The van der Waals surface area contributed by atoms with Gasteiger partial charge in [0.2, 0.25) is 5.91 Å². The second kappa shape index (κ2) is 7.98. The lowest BCUT2D eigenvalue weighted by molar-refractivity contribution is -0.145. The van der Waals surface area contributed by atoms with E-state index in [1.165, 1.54) is 7.11 Å². The van der Waals surface area contributed by atoms with Gasteiger partial charge in [0.1, 0.15) is 6.04 Å². The number of methoxy groups -OCH3 is 1. The summed E-state index contributed by atoms with van der Waals surface area (Å²) in [6.07, 6.45) is 0.545. The van der Waals surface area contributed by atoms with E-state index in [1.807, 2.05) is 36.4 Å². The molecular weight excluding hydrogens is 292 g/mol. The highest BCUT2D eigenvalue weighted by molar-refractivity contribution is 5.85. The van der Waals surface area contributed by atoms with Crippen LogP contribution in [0.5, 0.6) is 0 Å². The molecule has 23 heavy (non-hydrogen) atoms. The van der Waals surface area contributed by atoms with Gasteiger partial charge in [-0.1, -0.05) is 42.5 Å². The molecule has 0 aliphatic heterocycles. The zero-order chi connectivity index (χ0) is 16.7. The lowest BCUT2D eigenvalue weighted by atomic mass is 10.1. The normalized spacial score (nSPS) is 11.5. The lowest BCUT2D eigenvalue weighted by Crippen LogP contribution is -2.43. The molecule has 0 aromatic heterocycles. The number of hydrogen-bond acceptors (Lipinski definition) is 4. The predicted molar refractivity (Wildman–Crippen MR) is 88.7 cm³/mol. The van der Waals surface area contributed by atoms with Crippen molar-refractivity contribution < 1.29 is 14.3 Å². The number of ether oxygens (including phenoxy) is 1. The van der Waals surface area contributed by atoms with E-state index in [1.54, 1.807) is 18.2 Å². The Kier molecular flexibility index (Phi) is 5.74. The highest BCUT2D eigenvalue weighted by atomic mass is 16.5. The largest absolute Gasteiger partial charge is 0.467 e. The van der Waals surface area contributed by atoms with Gasteiger partial charge in [0.15, 0.2) is 0 Å². The number of hydrogen-bond donors (Lipinski definition) is 2. The highest BCUT2D eigenvalue weighted by Crippen LogP contribution is 2.08. The van der Waals surface area contributed by atoms with Gasteiger partial charge in [0.05, 0.1) is 13.5 Å². The van der Waals surface area contributed by atoms with E-state index in [4.69, 9.17) is 10.5 Å². The van der Waals surface area contributed by atoms with Gasteiger partial charge < -0.3 is 15.8 Å². The lowest BCUT2D eigenvalue weighted by Gasteiger charge is -2.16. The number of nitrogens with one attached hydrogen (secondary N) is 1. The first-order valence-electron chi connectivity index (χ1n) is 7.34. The fourth-order valence-electron chi connectivity index (χ4n) is 2.32. The van der Waals surface area contributed by atoms with Gasteiger partial charge >= 0.3 is 5.97 Å². The number of carbonyl (C=O) groups excluding carboxylic acids is 2. The van der Waals surface area contributed by atoms with Gasteiger partial charge in [0.25, 0.3) is 0 Å².